The number of rotatable bonds is 6. The van der Waals surface area contributed by atoms with E-state index in [2.05, 4.69) is 42.1 Å². The van der Waals surface area contributed by atoms with Crippen molar-refractivity contribution in [2.24, 2.45) is 0 Å². The zero-order valence-electron chi connectivity index (χ0n) is 18.7. The molecule has 0 aliphatic rings. The SMILES string of the molecule is Cc1cncc([C@H](Nc2cc(Cl)c3ncc(C#N)c(Nc4ccc(F)c(Cl)c4)c3c2)c2c[nH]nn2)c1. The van der Waals surface area contributed by atoms with Gasteiger partial charge in [0.2, 0.25) is 0 Å². The van der Waals surface area contributed by atoms with Gasteiger partial charge in [-0.25, -0.2) is 4.39 Å². The summed E-state index contributed by atoms with van der Waals surface area (Å²) in [6.45, 7) is 1.96. The maximum atomic E-state index is 13.7. The Morgan fingerprint density at radius 1 is 1.06 bits per heavy atom. The first-order valence-electron chi connectivity index (χ1n) is 10.7. The van der Waals surface area contributed by atoms with Crippen molar-refractivity contribution in [3.05, 3.63) is 99.4 Å². The highest BCUT2D eigenvalue weighted by molar-refractivity contribution is 6.36. The van der Waals surface area contributed by atoms with Crippen molar-refractivity contribution in [2.75, 3.05) is 10.6 Å². The van der Waals surface area contributed by atoms with Crippen LogP contribution in [0.25, 0.3) is 10.9 Å². The van der Waals surface area contributed by atoms with Crippen LogP contribution in [0.2, 0.25) is 10.0 Å². The predicted molar refractivity (Wildman–Crippen MR) is 137 cm³/mol. The van der Waals surface area contributed by atoms with Crippen LogP contribution in [0.5, 0.6) is 0 Å². The van der Waals surface area contributed by atoms with Gasteiger partial charge in [-0.2, -0.15) is 5.26 Å². The largest absolute Gasteiger partial charge is 0.373 e. The van der Waals surface area contributed by atoms with Gasteiger partial charge in [0.25, 0.3) is 0 Å². The van der Waals surface area contributed by atoms with Crippen molar-refractivity contribution >= 4 is 51.2 Å². The highest BCUT2D eigenvalue weighted by atomic mass is 35.5. The van der Waals surface area contributed by atoms with Gasteiger partial charge in [0.1, 0.15) is 17.6 Å². The van der Waals surface area contributed by atoms with E-state index in [0.717, 1.165) is 11.1 Å². The number of halogens is 3. The highest BCUT2D eigenvalue weighted by Crippen LogP contribution is 2.37. The summed E-state index contributed by atoms with van der Waals surface area (Å²) in [5.41, 5.74) is 4.92. The van der Waals surface area contributed by atoms with Gasteiger partial charge < -0.3 is 10.6 Å². The molecule has 3 aromatic heterocycles. The molecule has 0 aliphatic heterocycles. The lowest BCUT2D eigenvalue weighted by atomic mass is 10.0. The van der Waals surface area contributed by atoms with Crippen molar-refractivity contribution < 1.29 is 4.39 Å². The first-order valence-corrected chi connectivity index (χ1v) is 11.5. The van der Waals surface area contributed by atoms with Gasteiger partial charge in [-0.1, -0.05) is 34.5 Å². The molecule has 8 nitrogen and oxygen atoms in total. The molecule has 5 rings (SSSR count). The molecule has 5 aromatic rings. The third-order valence-electron chi connectivity index (χ3n) is 5.51. The second kappa shape index (κ2) is 9.77. The summed E-state index contributed by atoms with van der Waals surface area (Å²) in [5.74, 6) is -0.540. The number of hydrogen-bond donors (Lipinski definition) is 3. The predicted octanol–water partition coefficient (Wildman–Crippen LogP) is 6.32. The Morgan fingerprint density at radius 2 is 1.89 bits per heavy atom. The van der Waals surface area contributed by atoms with E-state index in [4.69, 9.17) is 23.2 Å². The van der Waals surface area contributed by atoms with E-state index in [1.54, 1.807) is 24.7 Å². The lowest BCUT2D eigenvalue weighted by Gasteiger charge is -2.20. The molecular weight excluding hydrogens is 502 g/mol. The minimum atomic E-state index is -0.540. The van der Waals surface area contributed by atoms with E-state index in [-0.39, 0.29) is 16.6 Å². The van der Waals surface area contributed by atoms with Crippen molar-refractivity contribution in [1.82, 2.24) is 25.4 Å². The Hall–Kier alpha value is -4.26. The number of aryl methyl sites for hydroxylation is 1. The summed E-state index contributed by atoms with van der Waals surface area (Å²) in [6.07, 6.45) is 6.66. The second-order valence-corrected chi connectivity index (χ2v) is 8.85. The van der Waals surface area contributed by atoms with Crippen LogP contribution in [0.1, 0.15) is 28.4 Å². The molecule has 11 heteroatoms. The van der Waals surface area contributed by atoms with Crippen molar-refractivity contribution in [3.63, 3.8) is 0 Å². The summed E-state index contributed by atoms with van der Waals surface area (Å²) in [7, 11) is 0. The Morgan fingerprint density at radius 3 is 2.61 bits per heavy atom. The average molecular weight is 519 g/mol. The molecule has 0 unspecified atom stereocenters. The molecule has 0 aliphatic carbocycles. The van der Waals surface area contributed by atoms with Gasteiger partial charge in [0.15, 0.2) is 0 Å². The fourth-order valence-corrected chi connectivity index (χ4v) is 4.31. The highest BCUT2D eigenvalue weighted by Gasteiger charge is 2.20. The fourth-order valence-electron chi connectivity index (χ4n) is 3.86. The van der Waals surface area contributed by atoms with E-state index >= 15 is 0 Å². The number of nitriles is 1. The molecule has 0 fully saturated rings. The van der Waals surface area contributed by atoms with Crippen LogP contribution in [0, 0.1) is 24.1 Å². The molecule has 0 radical (unpaired) electrons. The Bertz CT molecular complexity index is 1620. The number of H-pyrrole nitrogens is 1. The summed E-state index contributed by atoms with van der Waals surface area (Å²) in [4.78, 5) is 8.68. The van der Waals surface area contributed by atoms with Crippen LogP contribution in [0.15, 0.2) is 61.2 Å². The molecule has 3 N–H and O–H groups in total. The Balaban J connectivity index is 1.62. The number of aromatic nitrogens is 5. The summed E-state index contributed by atoms with van der Waals surface area (Å²) in [6, 6.07) is 11.6. The van der Waals surface area contributed by atoms with Gasteiger partial charge in [-0.05, 0) is 48.4 Å². The molecule has 0 amide bonds. The zero-order chi connectivity index (χ0) is 25.2. The van der Waals surface area contributed by atoms with E-state index in [0.29, 0.717) is 38.7 Å². The van der Waals surface area contributed by atoms with Crippen LogP contribution in [0.4, 0.5) is 21.5 Å². The normalized spacial score (nSPS) is 11.8. The summed E-state index contributed by atoms with van der Waals surface area (Å²) >= 11 is 12.6. The molecule has 2 aromatic carbocycles. The zero-order valence-corrected chi connectivity index (χ0v) is 20.2. The van der Waals surface area contributed by atoms with Crippen molar-refractivity contribution in [2.45, 2.75) is 13.0 Å². The minimum absolute atomic E-state index is 0.0422. The first kappa shape index (κ1) is 23.5. The number of aromatic amines is 1. The smallest absolute Gasteiger partial charge is 0.141 e. The summed E-state index contributed by atoms with van der Waals surface area (Å²) < 4.78 is 13.7. The number of nitrogens with one attached hydrogen (secondary N) is 3. The number of fused-ring (bicyclic) bond motifs is 1. The monoisotopic (exact) mass is 518 g/mol. The lowest BCUT2D eigenvalue weighted by Crippen LogP contribution is -2.13. The lowest BCUT2D eigenvalue weighted by molar-refractivity contribution is 0.628. The molecule has 36 heavy (non-hydrogen) atoms. The van der Waals surface area contributed by atoms with Gasteiger partial charge in [0, 0.05) is 41.5 Å². The average Bonchev–Trinajstić information content (AvgIpc) is 3.40. The van der Waals surface area contributed by atoms with Gasteiger partial charge in [0.05, 0.1) is 32.9 Å². The van der Waals surface area contributed by atoms with E-state index < -0.39 is 5.82 Å². The minimum Gasteiger partial charge on any atom is -0.373 e. The standard InChI is InChI=1S/C25H17Cl2FN8/c1-13-4-14(10-30-9-13)24(22-12-32-36-35-22)34-17-5-18-23(33-16-2-3-21(28)19(26)6-16)15(8-29)11-31-25(18)20(27)7-17/h2-7,9-12,24,34H,1H3,(H,31,33)(H,32,35,36)/t24-/m0/s1. The molecule has 3 heterocycles. The molecular formula is C25H17Cl2FN8. The molecule has 1 atom stereocenters. The number of nitrogens with zero attached hydrogens (tertiary/aromatic N) is 5. The van der Waals surface area contributed by atoms with Crippen molar-refractivity contribution in [1.29, 1.82) is 5.26 Å². The number of anilines is 3. The van der Waals surface area contributed by atoms with E-state index in [1.807, 2.05) is 19.1 Å². The molecule has 0 spiro atoms. The number of benzene rings is 2. The molecule has 0 saturated carbocycles. The van der Waals surface area contributed by atoms with Gasteiger partial charge >= 0.3 is 0 Å². The van der Waals surface area contributed by atoms with E-state index in [9.17, 15) is 9.65 Å². The van der Waals surface area contributed by atoms with Crippen LogP contribution in [-0.2, 0) is 0 Å². The maximum Gasteiger partial charge on any atom is 0.141 e. The number of pyridine rings is 2. The Labute approximate surface area is 215 Å². The Kier molecular flexibility index (Phi) is 6.38. The second-order valence-electron chi connectivity index (χ2n) is 8.04. The van der Waals surface area contributed by atoms with Crippen LogP contribution < -0.4 is 10.6 Å². The first-order chi connectivity index (χ1) is 17.4. The number of hydrogen-bond acceptors (Lipinski definition) is 7. The van der Waals surface area contributed by atoms with Crippen LogP contribution >= 0.6 is 23.2 Å². The van der Waals surface area contributed by atoms with Crippen LogP contribution in [0.3, 0.4) is 0 Å². The quantitative estimate of drug-likeness (QED) is 0.241. The maximum absolute atomic E-state index is 13.7. The molecule has 178 valence electrons. The third-order valence-corrected chi connectivity index (χ3v) is 6.08. The van der Waals surface area contributed by atoms with Crippen molar-refractivity contribution in [3.8, 4) is 6.07 Å². The topological polar surface area (TPSA) is 115 Å². The fraction of sp³-hybridized carbons (Fsp3) is 0.0800. The van der Waals surface area contributed by atoms with E-state index in [1.165, 1.54) is 24.4 Å². The third kappa shape index (κ3) is 4.64. The van der Waals surface area contributed by atoms with Gasteiger partial charge in [-0.15, -0.1) is 5.10 Å². The molecule has 0 saturated heterocycles. The van der Waals surface area contributed by atoms with Crippen LogP contribution in [-0.4, -0.2) is 25.4 Å². The molecule has 0 bridgehead atoms. The summed E-state index contributed by atoms with van der Waals surface area (Å²) in [5, 5.41) is 28.1. The van der Waals surface area contributed by atoms with Gasteiger partial charge in [-0.3, -0.25) is 15.1 Å².